The van der Waals surface area contributed by atoms with Crippen LogP contribution in [0.1, 0.15) is 31.1 Å². The number of ether oxygens (including phenoxy) is 2. The number of carbonyl (C=O) groups excluding carboxylic acids is 1. The van der Waals surface area contributed by atoms with E-state index in [9.17, 15) is 18.0 Å². The summed E-state index contributed by atoms with van der Waals surface area (Å²) in [5.41, 5.74) is -1.10. The van der Waals surface area contributed by atoms with Gasteiger partial charge in [0.05, 0.1) is 0 Å². The van der Waals surface area contributed by atoms with Crippen molar-refractivity contribution in [3.63, 3.8) is 0 Å². The number of esters is 1. The second-order valence-electron chi connectivity index (χ2n) is 4.69. The number of carbonyl (C=O) groups is 1. The molecule has 1 rings (SSSR count). The lowest BCUT2D eigenvalue weighted by Gasteiger charge is -2.20. The van der Waals surface area contributed by atoms with E-state index >= 15 is 0 Å². The molecule has 1 aromatic carbocycles. The molecule has 0 unspecified atom stereocenters. The van der Waals surface area contributed by atoms with Gasteiger partial charge in [-0.25, -0.2) is 4.79 Å². The fourth-order valence-electron chi connectivity index (χ4n) is 1.21. The van der Waals surface area contributed by atoms with Crippen molar-refractivity contribution in [2.75, 3.05) is 0 Å². The molecule has 0 aliphatic heterocycles. The molecule has 0 amide bonds. The van der Waals surface area contributed by atoms with E-state index in [1.807, 2.05) is 0 Å². The Morgan fingerprint density at radius 1 is 1.21 bits per heavy atom. The maximum Gasteiger partial charge on any atom is 0.573 e. The maximum absolute atomic E-state index is 12.2. The quantitative estimate of drug-likeness (QED) is 0.753. The normalized spacial score (nSPS) is 12.2. The van der Waals surface area contributed by atoms with Gasteiger partial charge in [-0.3, -0.25) is 0 Å². The van der Waals surface area contributed by atoms with Gasteiger partial charge in [-0.15, -0.1) is 13.2 Å². The third kappa shape index (κ3) is 5.50. The molecule has 0 aliphatic carbocycles. The topological polar surface area (TPSA) is 35.5 Å². The molecule has 1 aromatic rings. The number of halogens is 4. The molecule has 0 heterocycles. The van der Waals surface area contributed by atoms with Crippen LogP contribution < -0.4 is 4.74 Å². The summed E-state index contributed by atoms with van der Waals surface area (Å²) in [5.74, 6) is -1.47. The van der Waals surface area contributed by atoms with Gasteiger partial charge in [-0.2, -0.15) is 0 Å². The number of hydrogen-bond donors (Lipinski definition) is 0. The van der Waals surface area contributed by atoms with Gasteiger partial charge in [-0.05, 0) is 39.0 Å². The summed E-state index contributed by atoms with van der Waals surface area (Å²) < 4.78 is 46.0. The summed E-state index contributed by atoms with van der Waals surface area (Å²) >= 11 is 3.08. The van der Waals surface area contributed by atoms with Crippen LogP contribution in [-0.4, -0.2) is 17.9 Å². The molecule has 0 N–H and O–H groups in total. The molecule has 0 aromatic heterocycles. The fourth-order valence-corrected chi connectivity index (χ4v) is 1.57. The fraction of sp³-hybridized carbons (Fsp3) is 0.417. The number of alkyl halides is 3. The van der Waals surface area contributed by atoms with Crippen molar-refractivity contribution < 1.29 is 27.4 Å². The predicted molar refractivity (Wildman–Crippen MR) is 66.0 cm³/mol. The molecule has 0 radical (unpaired) electrons. The Morgan fingerprint density at radius 3 is 2.26 bits per heavy atom. The molecule has 0 saturated heterocycles. The Morgan fingerprint density at radius 2 is 1.79 bits per heavy atom. The second kappa shape index (κ2) is 5.40. The minimum absolute atomic E-state index is 0.290. The number of hydrogen-bond acceptors (Lipinski definition) is 3. The van der Waals surface area contributed by atoms with E-state index in [0.29, 0.717) is 4.47 Å². The number of rotatable bonds is 2. The summed E-state index contributed by atoms with van der Waals surface area (Å²) in [6.45, 7) is 4.85. The molecular formula is C12H12BrF3O3. The highest BCUT2D eigenvalue weighted by Crippen LogP contribution is 2.30. The molecule has 0 aliphatic rings. The molecule has 3 nitrogen and oxygen atoms in total. The van der Waals surface area contributed by atoms with E-state index in [4.69, 9.17) is 4.74 Å². The Labute approximate surface area is 116 Å². The third-order valence-electron chi connectivity index (χ3n) is 1.79. The van der Waals surface area contributed by atoms with Crippen molar-refractivity contribution in [1.29, 1.82) is 0 Å². The average Bonchev–Trinajstić information content (AvgIpc) is 2.16. The van der Waals surface area contributed by atoms with Gasteiger partial charge in [0.25, 0.3) is 0 Å². The van der Waals surface area contributed by atoms with Crippen molar-refractivity contribution in [1.82, 2.24) is 0 Å². The molecule has 0 spiro atoms. The van der Waals surface area contributed by atoms with Gasteiger partial charge >= 0.3 is 12.3 Å². The monoisotopic (exact) mass is 340 g/mol. The molecule has 0 atom stereocenters. The third-order valence-corrected chi connectivity index (χ3v) is 2.28. The Hall–Kier alpha value is -1.24. The molecule has 19 heavy (non-hydrogen) atoms. The minimum atomic E-state index is -4.87. The number of benzene rings is 1. The zero-order valence-electron chi connectivity index (χ0n) is 10.5. The van der Waals surface area contributed by atoms with Gasteiger partial charge in [0.2, 0.25) is 0 Å². The van der Waals surface area contributed by atoms with Crippen LogP contribution in [0.5, 0.6) is 5.75 Å². The van der Waals surface area contributed by atoms with Crippen LogP contribution in [0.4, 0.5) is 13.2 Å². The molecular weight excluding hydrogens is 329 g/mol. The zero-order valence-corrected chi connectivity index (χ0v) is 12.1. The summed E-state index contributed by atoms with van der Waals surface area (Å²) in [7, 11) is 0. The van der Waals surface area contributed by atoms with E-state index in [1.54, 1.807) is 20.8 Å². The lowest BCUT2D eigenvalue weighted by Crippen LogP contribution is -2.25. The predicted octanol–water partition coefficient (Wildman–Crippen LogP) is 4.30. The second-order valence-corrected chi connectivity index (χ2v) is 5.61. The van der Waals surface area contributed by atoms with Gasteiger partial charge in [0, 0.05) is 4.47 Å². The highest BCUT2D eigenvalue weighted by atomic mass is 79.9. The first-order valence-corrected chi connectivity index (χ1v) is 6.06. The van der Waals surface area contributed by atoms with E-state index in [2.05, 4.69) is 20.7 Å². The summed E-state index contributed by atoms with van der Waals surface area (Å²) in [4.78, 5) is 11.8. The lowest BCUT2D eigenvalue weighted by molar-refractivity contribution is -0.274. The zero-order chi connectivity index (χ0) is 14.8. The Kier molecular flexibility index (Phi) is 4.50. The smallest absolute Gasteiger partial charge is 0.456 e. The molecule has 0 fully saturated rings. The van der Waals surface area contributed by atoms with Gasteiger partial charge in [-0.1, -0.05) is 15.9 Å². The van der Waals surface area contributed by atoms with Crippen LogP contribution in [0.2, 0.25) is 0 Å². The largest absolute Gasteiger partial charge is 0.573 e. The van der Waals surface area contributed by atoms with Crippen molar-refractivity contribution in [3.8, 4) is 5.75 Å². The standard InChI is InChI=1S/C12H12BrF3O3/c1-11(2,3)19-10(17)8-6-7(13)4-5-9(8)18-12(14,15)16/h4-6H,1-3H3. The summed E-state index contributed by atoms with van der Waals surface area (Å²) in [5, 5.41) is 0. The Bertz CT molecular complexity index is 478. The average molecular weight is 341 g/mol. The van der Waals surface area contributed by atoms with E-state index in [1.165, 1.54) is 12.1 Å². The molecule has 0 bridgehead atoms. The van der Waals surface area contributed by atoms with Crippen molar-refractivity contribution in [3.05, 3.63) is 28.2 Å². The van der Waals surface area contributed by atoms with Crippen LogP contribution >= 0.6 is 15.9 Å². The summed E-state index contributed by atoms with van der Waals surface area (Å²) in [6.07, 6.45) is -4.87. The van der Waals surface area contributed by atoms with Crippen LogP contribution in [0, 0.1) is 0 Å². The molecule has 7 heteroatoms. The lowest BCUT2D eigenvalue weighted by atomic mass is 10.1. The Balaban J connectivity index is 3.10. The first-order chi connectivity index (χ1) is 8.48. The van der Waals surface area contributed by atoms with Gasteiger partial charge < -0.3 is 9.47 Å². The van der Waals surface area contributed by atoms with E-state index in [-0.39, 0.29) is 5.56 Å². The molecule has 0 saturated carbocycles. The highest BCUT2D eigenvalue weighted by molar-refractivity contribution is 9.10. The first kappa shape index (κ1) is 15.8. The van der Waals surface area contributed by atoms with Gasteiger partial charge in [0.1, 0.15) is 16.9 Å². The van der Waals surface area contributed by atoms with E-state index in [0.717, 1.165) is 6.07 Å². The SMILES string of the molecule is CC(C)(C)OC(=O)c1cc(Br)ccc1OC(F)(F)F. The van der Waals surface area contributed by atoms with Crippen LogP contribution in [0.25, 0.3) is 0 Å². The van der Waals surface area contributed by atoms with Crippen molar-refractivity contribution in [2.24, 2.45) is 0 Å². The van der Waals surface area contributed by atoms with Gasteiger partial charge in [0.15, 0.2) is 0 Å². The molecule has 106 valence electrons. The summed E-state index contributed by atoms with van der Waals surface area (Å²) in [6, 6.07) is 3.61. The van der Waals surface area contributed by atoms with Crippen molar-refractivity contribution >= 4 is 21.9 Å². The van der Waals surface area contributed by atoms with E-state index < -0.39 is 23.7 Å². The van der Waals surface area contributed by atoms with Crippen molar-refractivity contribution in [2.45, 2.75) is 32.7 Å². The van der Waals surface area contributed by atoms with Crippen LogP contribution in [0.3, 0.4) is 0 Å². The van der Waals surface area contributed by atoms with Crippen LogP contribution in [-0.2, 0) is 4.74 Å². The van der Waals surface area contributed by atoms with Crippen LogP contribution in [0.15, 0.2) is 22.7 Å². The highest BCUT2D eigenvalue weighted by Gasteiger charge is 2.33. The minimum Gasteiger partial charge on any atom is -0.456 e. The maximum atomic E-state index is 12.2. The first-order valence-electron chi connectivity index (χ1n) is 5.26.